The van der Waals surface area contributed by atoms with Crippen molar-refractivity contribution in [2.75, 3.05) is 0 Å². The molecule has 0 saturated carbocycles. The van der Waals surface area contributed by atoms with Gasteiger partial charge in [0.25, 0.3) is 0 Å². The Morgan fingerprint density at radius 3 is 2.76 bits per heavy atom. The van der Waals surface area contributed by atoms with E-state index in [2.05, 4.69) is 9.68 Å². The smallest absolute Gasteiger partial charge is 0.416 e. The Kier molecular flexibility index (Phi) is 3.03. The summed E-state index contributed by atoms with van der Waals surface area (Å²) in [6, 6.07) is 4.97. The van der Waals surface area contributed by atoms with Gasteiger partial charge in [0.15, 0.2) is 12.0 Å². The number of benzene rings is 1. The molecule has 0 aliphatic rings. The first-order valence-electron chi connectivity index (χ1n) is 4.74. The van der Waals surface area contributed by atoms with Crippen LogP contribution in [0.3, 0.4) is 0 Å². The minimum absolute atomic E-state index is 0.0329. The lowest BCUT2D eigenvalue weighted by Crippen LogP contribution is -2.06. The molecular formula is C11H8F3NO2. The van der Waals surface area contributed by atoms with E-state index in [1.54, 1.807) is 6.07 Å². The van der Waals surface area contributed by atoms with Crippen molar-refractivity contribution in [1.29, 1.82) is 0 Å². The van der Waals surface area contributed by atoms with Crippen molar-refractivity contribution in [3.05, 3.63) is 47.9 Å². The third kappa shape index (κ3) is 2.99. The first-order chi connectivity index (χ1) is 8.05. The van der Waals surface area contributed by atoms with E-state index in [4.69, 9.17) is 4.74 Å². The molecule has 0 amide bonds. The minimum Gasteiger partial charge on any atom is -0.484 e. The minimum atomic E-state index is -4.34. The lowest BCUT2D eigenvalue weighted by Gasteiger charge is -2.08. The van der Waals surface area contributed by atoms with Gasteiger partial charge >= 0.3 is 6.18 Å². The molecule has 0 aliphatic heterocycles. The van der Waals surface area contributed by atoms with Crippen molar-refractivity contribution in [2.45, 2.75) is 12.8 Å². The zero-order valence-corrected chi connectivity index (χ0v) is 8.57. The lowest BCUT2D eigenvalue weighted by atomic mass is 10.1. The SMILES string of the molecule is FC(F)(F)c1cccc(COc2cnoc2)c1. The van der Waals surface area contributed by atoms with Crippen LogP contribution in [0.15, 0.2) is 41.2 Å². The fourth-order valence-electron chi connectivity index (χ4n) is 1.27. The zero-order valence-electron chi connectivity index (χ0n) is 8.57. The number of halogens is 3. The summed E-state index contributed by atoms with van der Waals surface area (Å²) in [5, 5.41) is 3.41. The molecule has 0 atom stereocenters. The third-order valence-corrected chi connectivity index (χ3v) is 2.07. The van der Waals surface area contributed by atoms with Gasteiger partial charge in [-0.25, -0.2) is 0 Å². The van der Waals surface area contributed by atoms with Crippen molar-refractivity contribution in [3.8, 4) is 5.75 Å². The second kappa shape index (κ2) is 4.48. The summed E-state index contributed by atoms with van der Waals surface area (Å²) in [4.78, 5) is 0. The van der Waals surface area contributed by atoms with Crippen LogP contribution in [-0.2, 0) is 12.8 Å². The molecule has 0 spiro atoms. The van der Waals surface area contributed by atoms with Gasteiger partial charge in [0.1, 0.15) is 12.8 Å². The second-order valence-corrected chi connectivity index (χ2v) is 3.35. The van der Waals surface area contributed by atoms with Crippen LogP contribution in [0.1, 0.15) is 11.1 Å². The highest BCUT2D eigenvalue weighted by Gasteiger charge is 2.30. The topological polar surface area (TPSA) is 35.3 Å². The van der Waals surface area contributed by atoms with Crippen LogP contribution in [0.4, 0.5) is 13.2 Å². The van der Waals surface area contributed by atoms with Crippen molar-refractivity contribution in [2.24, 2.45) is 0 Å². The molecule has 0 radical (unpaired) electrons. The molecule has 3 nitrogen and oxygen atoms in total. The monoisotopic (exact) mass is 243 g/mol. The number of rotatable bonds is 3. The highest BCUT2D eigenvalue weighted by molar-refractivity contribution is 5.25. The van der Waals surface area contributed by atoms with Crippen molar-refractivity contribution >= 4 is 0 Å². The first kappa shape index (κ1) is 11.5. The summed E-state index contributed by atoms with van der Waals surface area (Å²) in [6.45, 7) is 0.0329. The van der Waals surface area contributed by atoms with Gasteiger partial charge in [0.05, 0.1) is 5.56 Å². The van der Waals surface area contributed by atoms with Crippen molar-refractivity contribution in [1.82, 2.24) is 5.16 Å². The Hall–Kier alpha value is -1.98. The average molecular weight is 243 g/mol. The van der Waals surface area contributed by atoms with Gasteiger partial charge in [-0.2, -0.15) is 13.2 Å². The van der Waals surface area contributed by atoms with E-state index in [0.29, 0.717) is 11.3 Å². The summed E-state index contributed by atoms with van der Waals surface area (Å²) < 4.78 is 46.9. The predicted molar refractivity (Wildman–Crippen MR) is 52.3 cm³/mol. The van der Waals surface area contributed by atoms with Crippen LogP contribution in [-0.4, -0.2) is 5.16 Å². The maximum absolute atomic E-state index is 12.4. The summed E-state index contributed by atoms with van der Waals surface area (Å²) >= 11 is 0. The molecular weight excluding hydrogens is 235 g/mol. The lowest BCUT2D eigenvalue weighted by molar-refractivity contribution is -0.137. The maximum Gasteiger partial charge on any atom is 0.416 e. The first-order valence-corrected chi connectivity index (χ1v) is 4.74. The van der Waals surface area contributed by atoms with E-state index in [-0.39, 0.29) is 6.61 Å². The molecule has 2 rings (SSSR count). The number of hydrogen-bond acceptors (Lipinski definition) is 3. The van der Waals surface area contributed by atoms with Crippen LogP contribution in [0.5, 0.6) is 5.75 Å². The van der Waals surface area contributed by atoms with E-state index in [9.17, 15) is 13.2 Å². The average Bonchev–Trinajstić information content (AvgIpc) is 2.78. The van der Waals surface area contributed by atoms with Gasteiger partial charge in [-0.1, -0.05) is 17.3 Å². The van der Waals surface area contributed by atoms with Gasteiger partial charge in [-0.15, -0.1) is 0 Å². The van der Waals surface area contributed by atoms with Crippen LogP contribution < -0.4 is 4.74 Å². The Balaban J connectivity index is 2.07. The molecule has 0 bridgehead atoms. The van der Waals surface area contributed by atoms with Gasteiger partial charge in [0, 0.05) is 0 Å². The predicted octanol–water partition coefficient (Wildman–Crippen LogP) is 3.27. The summed E-state index contributed by atoms with van der Waals surface area (Å²) in [7, 11) is 0. The van der Waals surface area contributed by atoms with Gasteiger partial charge < -0.3 is 9.26 Å². The molecule has 0 unspecified atom stereocenters. The Morgan fingerprint density at radius 1 is 1.29 bits per heavy atom. The highest BCUT2D eigenvalue weighted by Crippen LogP contribution is 2.29. The normalized spacial score (nSPS) is 11.5. The molecule has 1 aromatic carbocycles. The van der Waals surface area contributed by atoms with Crippen LogP contribution in [0.2, 0.25) is 0 Å². The van der Waals surface area contributed by atoms with Crippen LogP contribution in [0, 0.1) is 0 Å². The van der Waals surface area contributed by atoms with Crippen LogP contribution in [0.25, 0.3) is 0 Å². The molecule has 0 aliphatic carbocycles. The Labute approximate surface area is 94.8 Å². The molecule has 6 heteroatoms. The molecule has 0 saturated heterocycles. The molecule has 1 aromatic heterocycles. The van der Waals surface area contributed by atoms with E-state index in [1.165, 1.54) is 18.5 Å². The Morgan fingerprint density at radius 2 is 2.12 bits per heavy atom. The molecule has 0 N–H and O–H groups in total. The van der Waals surface area contributed by atoms with Crippen LogP contribution >= 0.6 is 0 Å². The largest absolute Gasteiger partial charge is 0.484 e. The molecule has 90 valence electrons. The van der Waals surface area contributed by atoms with E-state index < -0.39 is 11.7 Å². The standard InChI is InChI=1S/C11H8F3NO2/c12-11(13,14)9-3-1-2-8(4-9)6-16-10-5-15-17-7-10/h1-5,7H,6H2. The molecule has 0 fully saturated rings. The second-order valence-electron chi connectivity index (χ2n) is 3.35. The molecule has 2 aromatic rings. The van der Waals surface area contributed by atoms with Crippen molar-refractivity contribution in [3.63, 3.8) is 0 Å². The number of aromatic nitrogens is 1. The van der Waals surface area contributed by atoms with Crippen molar-refractivity contribution < 1.29 is 22.4 Å². The molecule has 17 heavy (non-hydrogen) atoms. The number of alkyl halides is 3. The summed E-state index contributed by atoms with van der Waals surface area (Å²) in [5.74, 6) is 0.377. The van der Waals surface area contributed by atoms with Gasteiger partial charge in [0.2, 0.25) is 0 Å². The fraction of sp³-hybridized carbons (Fsp3) is 0.182. The number of nitrogens with zero attached hydrogens (tertiary/aromatic N) is 1. The Bertz CT molecular complexity index is 480. The summed E-state index contributed by atoms with van der Waals surface area (Å²) in [6.07, 6.45) is -1.73. The summed E-state index contributed by atoms with van der Waals surface area (Å²) in [5.41, 5.74) is -0.259. The number of hydrogen-bond donors (Lipinski definition) is 0. The van der Waals surface area contributed by atoms with Gasteiger partial charge in [-0.05, 0) is 17.7 Å². The zero-order chi connectivity index (χ0) is 12.3. The number of ether oxygens (including phenoxy) is 1. The quantitative estimate of drug-likeness (QED) is 0.829. The van der Waals surface area contributed by atoms with Gasteiger partial charge in [-0.3, -0.25) is 0 Å². The highest BCUT2D eigenvalue weighted by atomic mass is 19.4. The molecule has 1 heterocycles. The van der Waals surface area contributed by atoms with E-state index in [1.807, 2.05) is 0 Å². The van der Waals surface area contributed by atoms with E-state index >= 15 is 0 Å². The van der Waals surface area contributed by atoms with E-state index in [0.717, 1.165) is 12.1 Å². The third-order valence-electron chi connectivity index (χ3n) is 2.07. The fourth-order valence-corrected chi connectivity index (χ4v) is 1.27. The maximum atomic E-state index is 12.4.